The number of aromatic nitrogens is 2. The van der Waals surface area contributed by atoms with Crippen molar-refractivity contribution in [1.82, 2.24) is 14.9 Å². The van der Waals surface area contributed by atoms with Crippen LogP contribution in [-0.4, -0.2) is 52.1 Å². The van der Waals surface area contributed by atoms with Crippen molar-refractivity contribution in [3.8, 4) is 0 Å². The Morgan fingerprint density at radius 1 is 1.03 bits per heavy atom. The molecule has 1 N–H and O–H groups in total. The molecule has 4 heterocycles. The number of pyridine rings is 1. The summed E-state index contributed by atoms with van der Waals surface area (Å²) in [5.41, 5.74) is 3.20. The molecule has 0 spiro atoms. The maximum absolute atomic E-state index is 12.8. The van der Waals surface area contributed by atoms with Crippen molar-refractivity contribution in [2.75, 3.05) is 30.3 Å². The van der Waals surface area contributed by atoms with Crippen molar-refractivity contribution >= 4 is 40.3 Å². The highest BCUT2D eigenvalue weighted by molar-refractivity contribution is 7.99. The van der Waals surface area contributed by atoms with E-state index in [1.54, 1.807) is 18.0 Å². The second-order valence-electron chi connectivity index (χ2n) is 8.16. The molecular weight excluding hydrogens is 408 g/mol. The highest BCUT2D eigenvalue weighted by Crippen LogP contribution is 2.35. The number of nitrogens with one attached hydrogen (secondary N) is 1. The summed E-state index contributed by atoms with van der Waals surface area (Å²) < 4.78 is 0. The third kappa shape index (κ3) is 4.06. The van der Waals surface area contributed by atoms with Gasteiger partial charge in [0.05, 0.1) is 5.69 Å². The van der Waals surface area contributed by atoms with Crippen LogP contribution in [0.5, 0.6) is 0 Å². The number of hydrogen-bond donors (Lipinski definition) is 1. The lowest BCUT2D eigenvalue weighted by Gasteiger charge is -2.32. The second kappa shape index (κ2) is 8.75. The van der Waals surface area contributed by atoms with E-state index in [1.807, 2.05) is 34.1 Å². The number of para-hydroxylation sites is 1. The maximum atomic E-state index is 12.8. The van der Waals surface area contributed by atoms with E-state index >= 15 is 0 Å². The van der Waals surface area contributed by atoms with Gasteiger partial charge >= 0.3 is 0 Å². The number of carbonyl (C=O) groups excluding carboxylic acids is 2. The Balaban J connectivity index is 1.15. The first-order chi connectivity index (χ1) is 15.2. The molecule has 1 saturated heterocycles. The predicted octanol–water partition coefficient (Wildman–Crippen LogP) is 4.19. The fourth-order valence-corrected chi connectivity index (χ4v) is 5.69. The van der Waals surface area contributed by atoms with E-state index in [4.69, 9.17) is 0 Å². The van der Waals surface area contributed by atoms with Crippen LogP contribution in [-0.2, 0) is 9.59 Å². The standard InChI is InChI=1S/C24H26N4O2S/c29-22(7-8-23(30)28-14-15-31-21-6-2-1-5-20(21)28)27-12-9-17(10-13-27)19-16-26-24-18(19)4-3-11-25-24/h1-6,11,16-17H,7-10,12-15H2,(H,25,26). The largest absolute Gasteiger partial charge is 0.346 e. The summed E-state index contributed by atoms with van der Waals surface area (Å²) in [6.45, 7) is 2.20. The molecule has 3 aromatic rings. The number of likely N-dealkylation sites (tertiary alicyclic amines) is 1. The average molecular weight is 435 g/mol. The van der Waals surface area contributed by atoms with Crippen LogP contribution >= 0.6 is 11.8 Å². The molecule has 0 radical (unpaired) electrons. The molecule has 160 valence electrons. The molecule has 2 amide bonds. The molecule has 0 bridgehead atoms. The van der Waals surface area contributed by atoms with Gasteiger partial charge in [-0.15, -0.1) is 11.8 Å². The average Bonchev–Trinajstić information content (AvgIpc) is 3.26. The minimum atomic E-state index is 0.0438. The molecule has 7 heteroatoms. The Kier molecular flexibility index (Phi) is 5.68. The number of H-pyrrole nitrogens is 1. The van der Waals surface area contributed by atoms with Crippen LogP contribution < -0.4 is 4.90 Å². The van der Waals surface area contributed by atoms with Crippen LogP contribution in [0.3, 0.4) is 0 Å². The SMILES string of the molecule is O=C(CCC(=O)N1CCSc2ccccc21)N1CCC(c2c[nH]c3ncccc23)CC1. The minimum Gasteiger partial charge on any atom is -0.346 e. The van der Waals surface area contributed by atoms with Crippen molar-refractivity contribution in [1.29, 1.82) is 0 Å². The molecule has 1 fully saturated rings. The number of amides is 2. The van der Waals surface area contributed by atoms with E-state index in [0.29, 0.717) is 12.5 Å². The molecule has 0 unspecified atom stereocenters. The molecule has 0 saturated carbocycles. The second-order valence-corrected chi connectivity index (χ2v) is 9.30. The number of aromatic amines is 1. The quantitative estimate of drug-likeness (QED) is 0.669. The van der Waals surface area contributed by atoms with Gasteiger partial charge in [0, 0.05) is 60.9 Å². The van der Waals surface area contributed by atoms with Crippen LogP contribution in [0.2, 0.25) is 0 Å². The molecular formula is C24H26N4O2S. The molecule has 2 aliphatic rings. The number of nitrogens with zero attached hydrogens (tertiary/aromatic N) is 3. The number of carbonyl (C=O) groups is 2. The van der Waals surface area contributed by atoms with Crippen molar-refractivity contribution in [2.24, 2.45) is 0 Å². The van der Waals surface area contributed by atoms with Gasteiger partial charge in [0.15, 0.2) is 0 Å². The molecule has 2 aliphatic heterocycles. The van der Waals surface area contributed by atoms with Gasteiger partial charge in [-0.25, -0.2) is 4.98 Å². The van der Waals surface area contributed by atoms with Gasteiger partial charge in [-0.3, -0.25) is 9.59 Å². The first-order valence-electron chi connectivity index (χ1n) is 10.9. The summed E-state index contributed by atoms with van der Waals surface area (Å²) in [5, 5.41) is 1.18. The van der Waals surface area contributed by atoms with Crippen molar-refractivity contribution < 1.29 is 9.59 Å². The summed E-state index contributed by atoms with van der Waals surface area (Å²) in [6, 6.07) is 12.1. The molecule has 6 nitrogen and oxygen atoms in total. The maximum Gasteiger partial charge on any atom is 0.227 e. The lowest BCUT2D eigenvalue weighted by Crippen LogP contribution is -2.39. The van der Waals surface area contributed by atoms with Crippen molar-refractivity contribution in [3.05, 3.63) is 54.4 Å². The molecule has 31 heavy (non-hydrogen) atoms. The number of rotatable bonds is 4. The number of fused-ring (bicyclic) bond motifs is 2. The number of hydrogen-bond acceptors (Lipinski definition) is 4. The van der Waals surface area contributed by atoms with Gasteiger partial charge in [-0.1, -0.05) is 12.1 Å². The van der Waals surface area contributed by atoms with E-state index in [2.05, 4.69) is 28.3 Å². The summed E-state index contributed by atoms with van der Waals surface area (Å²) in [7, 11) is 0. The van der Waals surface area contributed by atoms with Gasteiger partial charge in [0.25, 0.3) is 0 Å². The number of piperidine rings is 1. The smallest absolute Gasteiger partial charge is 0.227 e. The zero-order chi connectivity index (χ0) is 21.2. The Morgan fingerprint density at radius 2 is 1.84 bits per heavy atom. The van der Waals surface area contributed by atoms with Gasteiger partial charge in [-0.05, 0) is 48.6 Å². The van der Waals surface area contributed by atoms with E-state index < -0.39 is 0 Å². The normalized spacial score (nSPS) is 17.0. The summed E-state index contributed by atoms with van der Waals surface area (Å²) in [5.74, 6) is 1.47. The summed E-state index contributed by atoms with van der Waals surface area (Å²) in [4.78, 5) is 38.1. The van der Waals surface area contributed by atoms with E-state index in [-0.39, 0.29) is 24.7 Å². The Morgan fingerprint density at radius 3 is 2.71 bits per heavy atom. The highest BCUT2D eigenvalue weighted by atomic mass is 32.2. The Labute approximate surface area is 186 Å². The molecule has 0 atom stereocenters. The third-order valence-corrected chi connectivity index (χ3v) is 7.40. The van der Waals surface area contributed by atoms with E-state index in [0.717, 1.165) is 47.9 Å². The van der Waals surface area contributed by atoms with Gasteiger partial charge < -0.3 is 14.8 Å². The van der Waals surface area contributed by atoms with Gasteiger partial charge in [0.2, 0.25) is 11.8 Å². The van der Waals surface area contributed by atoms with Crippen molar-refractivity contribution in [2.45, 2.75) is 36.5 Å². The highest BCUT2D eigenvalue weighted by Gasteiger charge is 2.27. The van der Waals surface area contributed by atoms with E-state index in [1.165, 1.54) is 10.9 Å². The predicted molar refractivity (Wildman–Crippen MR) is 123 cm³/mol. The zero-order valence-electron chi connectivity index (χ0n) is 17.4. The van der Waals surface area contributed by atoms with Gasteiger partial charge in [0.1, 0.15) is 5.65 Å². The number of anilines is 1. The molecule has 5 rings (SSSR count). The van der Waals surface area contributed by atoms with Crippen LogP contribution in [0, 0.1) is 0 Å². The first-order valence-corrected chi connectivity index (χ1v) is 11.9. The van der Waals surface area contributed by atoms with Crippen LogP contribution in [0.25, 0.3) is 11.0 Å². The van der Waals surface area contributed by atoms with Crippen LogP contribution in [0.4, 0.5) is 5.69 Å². The molecule has 0 aliphatic carbocycles. The lowest BCUT2D eigenvalue weighted by molar-refractivity contribution is -0.134. The van der Waals surface area contributed by atoms with Crippen LogP contribution in [0.15, 0.2) is 53.7 Å². The molecule has 1 aromatic carbocycles. The minimum absolute atomic E-state index is 0.0438. The fourth-order valence-electron chi connectivity index (χ4n) is 4.69. The Bertz CT molecular complexity index is 1100. The lowest BCUT2D eigenvalue weighted by atomic mass is 9.89. The summed E-state index contributed by atoms with van der Waals surface area (Å²) in [6.07, 6.45) is 6.30. The number of thioether (sulfide) groups is 1. The summed E-state index contributed by atoms with van der Waals surface area (Å²) >= 11 is 1.78. The van der Waals surface area contributed by atoms with Gasteiger partial charge in [-0.2, -0.15) is 0 Å². The van der Waals surface area contributed by atoms with Crippen molar-refractivity contribution in [3.63, 3.8) is 0 Å². The number of benzene rings is 1. The fraction of sp³-hybridized carbons (Fsp3) is 0.375. The molecule has 2 aromatic heterocycles. The van der Waals surface area contributed by atoms with E-state index in [9.17, 15) is 9.59 Å². The third-order valence-electron chi connectivity index (χ3n) is 6.35. The zero-order valence-corrected chi connectivity index (χ0v) is 18.2. The first kappa shape index (κ1) is 20.1. The monoisotopic (exact) mass is 434 g/mol. The topological polar surface area (TPSA) is 69.3 Å². The van der Waals surface area contributed by atoms with Crippen LogP contribution in [0.1, 0.15) is 37.2 Å². The Hall–Kier alpha value is -2.80.